The highest BCUT2D eigenvalue weighted by Gasteiger charge is 2.11. The predicted molar refractivity (Wildman–Crippen MR) is 68.1 cm³/mol. The Hall–Kier alpha value is -1.85. The van der Waals surface area contributed by atoms with E-state index in [-0.39, 0.29) is 5.91 Å². The summed E-state index contributed by atoms with van der Waals surface area (Å²) in [4.78, 5) is 21.8. The van der Waals surface area contributed by atoms with Gasteiger partial charge in [-0.2, -0.15) is 0 Å². The van der Waals surface area contributed by atoms with Gasteiger partial charge in [-0.25, -0.2) is 4.98 Å². The minimum atomic E-state index is -0.00832. The van der Waals surface area contributed by atoms with Gasteiger partial charge in [0.15, 0.2) is 0 Å². The average molecular weight is 237 g/mol. The van der Waals surface area contributed by atoms with Gasteiger partial charge in [0.25, 0.3) is 0 Å². The largest absolute Gasteiger partial charge is 0.372 e. The molecule has 0 aromatic carbocycles. The van der Waals surface area contributed by atoms with Crippen molar-refractivity contribution in [3.8, 4) is 0 Å². The lowest BCUT2D eigenvalue weighted by Gasteiger charge is -2.21. The number of carbonyl (C=O) groups is 1. The predicted octanol–water partition coefficient (Wildman–Crippen LogP) is 0.481. The van der Waals surface area contributed by atoms with E-state index < -0.39 is 0 Å². The van der Waals surface area contributed by atoms with Crippen LogP contribution in [0.15, 0.2) is 12.4 Å². The molecule has 1 aromatic rings. The third-order valence-electron chi connectivity index (χ3n) is 2.29. The first kappa shape index (κ1) is 13.2. The van der Waals surface area contributed by atoms with Crippen molar-refractivity contribution in [2.24, 2.45) is 0 Å². The van der Waals surface area contributed by atoms with E-state index in [0.29, 0.717) is 31.3 Å². The number of amides is 1. The summed E-state index contributed by atoms with van der Waals surface area (Å²) in [6.07, 6.45) is 3.30. The second-order valence-corrected chi connectivity index (χ2v) is 3.48. The summed E-state index contributed by atoms with van der Waals surface area (Å²) in [5.74, 6) is 1.38. The van der Waals surface area contributed by atoms with E-state index in [2.05, 4.69) is 20.6 Å². The minimum Gasteiger partial charge on any atom is -0.372 e. The maximum Gasteiger partial charge on any atom is 0.239 e. The van der Waals surface area contributed by atoms with Crippen molar-refractivity contribution in [1.29, 1.82) is 0 Å². The van der Waals surface area contributed by atoms with Crippen molar-refractivity contribution in [2.75, 3.05) is 36.9 Å². The number of rotatable bonds is 6. The molecule has 0 aliphatic heterocycles. The van der Waals surface area contributed by atoms with E-state index in [1.165, 1.54) is 0 Å². The van der Waals surface area contributed by atoms with Crippen LogP contribution in [0.4, 0.5) is 11.6 Å². The van der Waals surface area contributed by atoms with Gasteiger partial charge in [0.2, 0.25) is 5.91 Å². The number of aromatic nitrogens is 2. The van der Waals surface area contributed by atoms with Crippen LogP contribution in [-0.2, 0) is 4.79 Å². The molecule has 6 heteroatoms. The maximum atomic E-state index is 11.5. The van der Waals surface area contributed by atoms with Gasteiger partial charge < -0.3 is 15.5 Å². The fraction of sp³-hybridized carbons (Fsp3) is 0.545. The third kappa shape index (κ3) is 3.90. The molecule has 94 valence electrons. The monoisotopic (exact) mass is 237 g/mol. The molecule has 1 heterocycles. The second-order valence-electron chi connectivity index (χ2n) is 3.48. The van der Waals surface area contributed by atoms with Crippen LogP contribution in [0.2, 0.25) is 0 Å². The van der Waals surface area contributed by atoms with E-state index in [1.807, 2.05) is 18.7 Å². The highest BCUT2D eigenvalue weighted by atomic mass is 16.2. The molecule has 0 fully saturated rings. The van der Waals surface area contributed by atoms with Crippen molar-refractivity contribution >= 4 is 17.5 Å². The van der Waals surface area contributed by atoms with Crippen molar-refractivity contribution in [2.45, 2.75) is 13.8 Å². The summed E-state index contributed by atoms with van der Waals surface area (Å²) in [7, 11) is 1.79. The van der Waals surface area contributed by atoms with Crippen LogP contribution in [0.25, 0.3) is 0 Å². The Balaban J connectivity index is 2.74. The number of nitrogens with zero attached hydrogens (tertiary/aromatic N) is 3. The van der Waals surface area contributed by atoms with Gasteiger partial charge in [-0.3, -0.25) is 9.78 Å². The maximum absolute atomic E-state index is 11.5. The zero-order valence-corrected chi connectivity index (χ0v) is 10.5. The molecule has 0 bridgehead atoms. The molecule has 0 atom stereocenters. The SMILES string of the molecule is CCNC(=O)CN(CC)c1cncc(NC)n1. The highest BCUT2D eigenvalue weighted by molar-refractivity contribution is 5.80. The number of hydrogen-bond acceptors (Lipinski definition) is 5. The number of carbonyl (C=O) groups excluding carboxylic acids is 1. The lowest BCUT2D eigenvalue weighted by atomic mass is 10.4. The molecule has 1 aromatic heterocycles. The van der Waals surface area contributed by atoms with Crippen molar-refractivity contribution in [1.82, 2.24) is 15.3 Å². The molecule has 0 unspecified atom stereocenters. The highest BCUT2D eigenvalue weighted by Crippen LogP contribution is 2.11. The van der Waals surface area contributed by atoms with Crippen LogP contribution in [-0.4, -0.2) is 42.6 Å². The van der Waals surface area contributed by atoms with Crippen molar-refractivity contribution in [3.63, 3.8) is 0 Å². The quantitative estimate of drug-likeness (QED) is 0.753. The Morgan fingerprint density at radius 3 is 2.76 bits per heavy atom. The van der Waals surface area contributed by atoms with Gasteiger partial charge >= 0.3 is 0 Å². The van der Waals surface area contributed by atoms with E-state index in [4.69, 9.17) is 0 Å². The van der Waals surface area contributed by atoms with Gasteiger partial charge in [0.05, 0.1) is 18.9 Å². The Morgan fingerprint density at radius 1 is 1.41 bits per heavy atom. The molecule has 17 heavy (non-hydrogen) atoms. The zero-order chi connectivity index (χ0) is 12.7. The van der Waals surface area contributed by atoms with Crippen LogP contribution in [0.3, 0.4) is 0 Å². The minimum absolute atomic E-state index is 0.00832. The Bertz CT molecular complexity index is 369. The normalized spacial score (nSPS) is 9.82. The van der Waals surface area contributed by atoms with Gasteiger partial charge in [-0.05, 0) is 13.8 Å². The molecule has 0 spiro atoms. The topological polar surface area (TPSA) is 70.2 Å². The molecule has 1 rings (SSSR count). The molecule has 0 radical (unpaired) electrons. The van der Waals surface area contributed by atoms with Crippen molar-refractivity contribution < 1.29 is 4.79 Å². The average Bonchev–Trinajstić information content (AvgIpc) is 2.36. The van der Waals surface area contributed by atoms with Gasteiger partial charge in [0, 0.05) is 20.1 Å². The van der Waals surface area contributed by atoms with Gasteiger partial charge in [0.1, 0.15) is 11.6 Å². The van der Waals surface area contributed by atoms with E-state index >= 15 is 0 Å². The standard InChI is InChI=1S/C11H19N5O/c1-4-14-11(17)8-16(5-2)10-7-13-6-9(12-3)15-10/h6-7H,4-5,8H2,1-3H3,(H,12,15)(H,14,17). The first-order valence-corrected chi connectivity index (χ1v) is 5.72. The molecule has 0 aliphatic rings. The molecule has 0 saturated heterocycles. The summed E-state index contributed by atoms with van der Waals surface area (Å²) in [6.45, 7) is 5.52. The first-order valence-electron chi connectivity index (χ1n) is 5.72. The van der Waals surface area contributed by atoms with Crippen LogP contribution in [0.5, 0.6) is 0 Å². The van der Waals surface area contributed by atoms with Crippen molar-refractivity contribution in [3.05, 3.63) is 12.4 Å². The molecule has 6 nitrogen and oxygen atoms in total. The summed E-state index contributed by atoms with van der Waals surface area (Å²) >= 11 is 0. The summed E-state index contributed by atoms with van der Waals surface area (Å²) in [5.41, 5.74) is 0. The first-order chi connectivity index (χ1) is 8.21. The number of likely N-dealkylation sites (N-methyl/N-ethyl adjacent to an activating group) is 2. The molecule has 2 N–H and O–H groups in total. The summed E-state index contributed by atoms with van der Waals surface area (Å²) in [5, 5.41) is 5.69. The van der Waals surface area contributed by atoms with E-state index in [0.717, 1.165) is 0 Å². The Kier molecular flexibility index (Phi) is 5.19. The van der Waals surface area contributed by atoms with Gasteiger partial charge in [-0.1, -0.05) is 0 Å². The fourth-order valence-electron chi connectivity index (χ4n) is 1.41. The Labute approximate surface area is 101 Å². The molecular formula is C11H19N5O. The molecule has 1 amide bonds. The lowest BCUT2D eigenvalue weighted by Crippen LogP contribution is -2.37. The van der Waals surface area contributed by atoms with Gasteiger partial charge in [-0.15, -0.1) is 0 Å². The lowest BCUT2D eigenvalue weighted by molar-refractivity contribution is -0.119. The smallest absolute Gasteiger partial charge is 0.239 e. The van der Waals surface area contributed by atoms with Crippen LogP contribution in [0, 0.1) is 0 Å². The number of hydrogen-bond donors (Lipinski definition) is 2. The number of anilines is 2. The summed E-state index contributed by atoms with van der Waals surface area (Å²) in [6, 6.07) is 0. The molecule has 0 saturated carbocycles. The molecule has 0 aliphatic carbocycles. The molecular weight excluding hydrogens is 218 g/mol. The fourth-order valence-corrected chi connectivity index (χ4v) is 1.41. The third-order valence-corrected chi connectivity index (χ3v) is 2.29. The zero-order valence-electron chi connectivity index (χ0n) is 10.5. The van der Waals surface area contributed by atoms with Crippen LogP contribution in [0.1, 0.15) is 13.8 Å². The second kappa shape index (κ2) is 6.67. The van der Waals surface area contributed by atoms with E-state index in [9.17, 15) is 4.79 Å². The Morgan fingerprint density at radius 2 is 2.18 bits per heavy atom. The number of nitrogens with one attached hydrogen (secondary N) is 2. The van der Waals surface area contributed by atoms with Crippen LogP contribution < -0.4 is 15.5 Å². The van der Waals surface area contributed by atoms with Crippen LogP contribution >= 0.6 is 0 Å². The van der Waals surface area contributed by atoms with E-state index in [1.54, 1.807) is 19.4 Å². The summed E-state index contributed by atoms with van der Waals surface area (Å²) < 4.78 is 0.